The first-order chi connectivity index (χ1) is 4.49. The largest absolute Gasteiger partial charge is 0.396 e. The van der Waals surface area contributed by atoms with Crippen LogP contribution in [0.15, 0.2) is 0 Å². The molecular weight excluding hydrogens is 88.1 g/mol. The van der Waals surface area contributed by atoms with Gasteiger partial charge in [-0.05, 0) is 5.92 Å². The number of rotatable bonds is 3. The zero-order valence-corrected chi connectivity index (χ0v) is 4.65. The van der Waals surface area contributed by atoms with Crippen LogP contribution in [0.3, 0.4) is 0 Å². The van der Waals surface area contributed by atoms with Crippen LogP contribution in [0.4, 0.5) is 0 Å². The van der Waals surface area contributed by atoms with Gasteiger partial charge in [-0.25, -0.2) is 0 Å². The quantitative estimate of drug-likeness (QED) is 0.575. The van der Waals surface area contributed by atoms with Gasteiger partial charge in [-0.3, -0.25) is 0 Å². The molecule has 1 atom stereocenters. The highest BCUT2D eigenvalue weighted by molar-refractivity contribution is 4.48. The molecule has 0 aromatic heterocycles. The molecule has 1 nitrogen and oxygen atoms in total. The molecule has 0 heterocycles. The molecule has 0 amide bonds. The van der Waals surface area contributed by atoms with E-state index in [0.717, 1.165) is 6.42 Å². The van der Waals surface area contributed by atoms with Crippen molar-refractivity contribution in [1.82, 2.24) is 0 Å². The molecule has 0 unspecified atom stereocenters. The van der Waals surface area contributed by atoms with Crippen LogP contribution < -0.4 is 0 Å². The Bertz CT molecular complexity index is 85.5. The van der Waals surface area contributed by atoms with Gasteiger partial charge in [-0.15, -0.1) is 0 Å². The monoisotopic (exact) mass is 105 g/mol. The summed E-state index contributed by atoms with van der Waals surface area (Å²) in [7, 11) is 0. The fourth-order valence-electron chi connectivity index (χ4n) is 0.338. The zero-order chi connectivity index (χ0) is 8.20. The summed E-state index contributed by atoms with van der Waals surface area (Å²) < 4.78 is 20.7. The second-order valence-electron chi connectivity index (χ2n) is 1.66. The Balaban J connectivity index is 3.63. The maximum atomic E-state index is 8.64. The standard InChI is InChI=1S/C6H14O/c1-3-6(4-2)5-7/h6-7H,3-5H2,1-2H3/i1D3/t6-/m1/s1. The summed E-state index contributed by atoms with van der Waals surface area (Å²) >= 11 is 0. The molecule has 44 valence electrons. The van der Waals surface area contributed by atoms with E-state index in [-0.39, 0.29) is 18.9 Å². The summed E-state index contributed by atoms with van der Waals surface area (Å²) in [5.41, 5.74) is 0. The molecule has 7 heavy (non-hydrogen) atoms. The summed E-state index contributed by atoms with van der Waals surface area (Å²) in [6, 6.07) is 0. The highest BCUT2D eigenvalue weighted by Gasteiger charge is 1.97. The third kappa shape index (κ3) is 2.63. The predicted molar refractivity (Wildman–Crippen MR) is 31.2 cm³/mol. The van der Waals surface area contributed by atoms with Crippen molar-refractivity contribution in [3.63, 3.8) is 0 Å². The Morgan fingerprint density at radius 2 is 2.43 bits per heavy atom. The fraction of sp³-hybridized carbons (Fsp3) is 1.00. The van der Waals surface area contributed by atoms with Crippen molar-refractivity contribution in [3.8, 4) is 0 Å². The summed E-state index contributed by atoms with van der Waals surface area (Å²) in [5.74, 6) is -0.0625. The highest BCUT2D eigenvalue weighted by atomic mass is 16.3. The van der Waals surface area contributed by atoms with Crippen molar-refractivity contribution >= 4 is 0 Å². The maximum Gasteiger partial charge on any atom is 0.0459 e. The van der Waals surface area contributed by atoms with Gasteiger partial charge in [0.05, 0.1) is 0 Å². The minimum atomic E-state index is -1.89. The van der Waals surface area contributed by atoms with Crippen LogP contribution >= 0.6 is 0 Å². The number of aliphatic hydroxyl groups excluding tert-OH is 1. The summed E-state index contributed by atoms with van der Waals surface area (Å²) in [5, 5.41) is 8.64. The first-order valence-corrected chi connectivity index (χ1v) is 2.60. The smallest absolute Gasteiger partial charge is 0.0459 e. The van der Waals surface area contributed by atoms with Crippen LogP contribution in [0.5, 0.6) is 0 Å². The van der Waals surface area contributed by atoms with Crippen LogP contribution in [0.2, 0.25) is 0 Å². The maximum absolute atomic E-state index is 8.64. The minimum Gasteiger partial charge on any atom is -0.396 e. The lowest BCUT2D eigenvalue weighted by Crippen LogP contribution is -2.01. The third-order valence-corrected chi connectivity index (χ3v) is 1.12. The summed E-state index contributed by atoms with van der Waals surface area (Å²) in [6.45, 7) is -0.0229. The van der Waals surface area contributed by atoms with Crippen molar-refractivity contribution in [3.05, 3.63) is 0 Å². The van der Waals surface area contributed by atoms with Crippen molar-refractivity contribution in [1.29, 1.82) is 0 Å². The van der Waals surface area contributed by atoms with Crippen LogP contribution in [-0.2, 0) is 0 Å². The van der Waals surface area contributed by atoms with Crippen LogP contribution in [0.1, 0.15) is 30.7 Å². The van der Waals surface area contributed by atoms with E-state index in [0.29, 0.717) is 0 Å². The Morgan fingerprint density at radius 1 is 1.71 bits per heavy atom. The normalized spacial score (nSPS) is 22.3. The van der Waals surface area contributed by atoms with E-state index in [1.54, 1.807) is 0 Å². The lowest BCUT2D eigenvalue weighted by atomic mass is 10.1. The molecule has 0 aromatic carbocycles. The Hall–Kier alpha value is -0.0400. The van der Waals surface area contributed by atoms with Gasteiger partial charge in [0.25, 0.3) is 0 Å². The summed E-state index contributed by atoms with van der Waals surface area (Å²) in [6.07, 6.45) is 0.856. The molecule has 0 fully saturated rings. The van der Waals surface area contributed by atoms with Crippen LogP contribution in [0.25, 0.3) is 0 Å². The van der Waals surface area contributed by atoms with E-state index in [4.69, 9.17) is 9.22 Å². The SMILES string of the molecule is [2H]C([2H])([2H])C[C@H](CC)CO. The average Bonchev–Trinajstić information content (AvgIpc) is 1.81. The fourth-order valence-corrected chi connectivity index (χ4v) is 0.338. The molecule has 0 bridgehead atoms. The number of hydrogen-bond donors (Lipinski definition) is 1. The van der Waals surface area contributed by atoms with E-state index in [9.17, 15) is 0 Å². The Labute approximate surface area is 49.6 Å². The van der Waals surface area contributed by atoms with Gasteiger partial charge in [0.15, 0.2) is 0 Å². The summed E-state index contributed by atoms with van der Waals surface area (Å²) in [4.78, 5) is 0. The van der Waals surface area contributed by atoms with Gasteiger partial charge >= 0.3 is 0 Å². The molecule has 0 aliphatic heterocycles. The van der Waals surface area contributed by atoms with Gasteiger partial charge < -0.3 is 5.11 Å². The molecule has 1 N–H and O–H groups in total. The van der Waals surface area contributed by atoms with E-state index in [1.165, 1.54) is 0 Å². The average molecular weight is 105 g/mol. The topological polar surface area (TPSA) is 20.2 Å². The van der Waals surface area contributed by atoms with Gasteiger partial charge in [0.1, 0.15) is 0 Å². The van der Waals surface area contributed by atoms with Gasteiger partial charge in [-0.1, -0.05) is 26.6 Å². The molecule has 0 aliphatic rings. The zero-order valence-electron chi connectivity index (χ0n) is 7.65. The van der Waals surface area contributed by atoms with E-state index in [2.05, 4.69) is 0 Å². The molecule has 0 saturated heterocycles. The second-order valence-corrected chi connectivity index (χ2v) is 1.66. The second kappa shape index (κ2) is 4.13. The van der Waals surface area contributed by atoms with Crippen molar-refractivity contribution in [2.24, 2.45) is 5.92 Å². The van der Waals surface area contributed by atoms with E-state index < -0.39 is 6.85 Å². The Kier molecular flexibility index (Phi) is 1.82. The van der Waals surface area contributed by atoms with E-state index in [1.807, 2.05) is 6.92 Å². The molecular formula is C6H14O. The van der Waals surface area contributed by atoms with Crippen molar-refractivity contribution in [2.45, 2.75) is 26.6 Å². The minimum absolute atomic E-state index is 0.0190. The van der Waals surface area contributed by atoms with Crippen LogP contribution in [0, 0.1) is 5.92 Å². The van der Waals surface area contributed by atoms with Crippen LogP contribution in [-0.4, -0.2) is 11.7 Å². The molecule has 0 saturated carbocycles. The first kappa shape index (κ1) is 3.08. The van der Waals surface area contributed by atoms with Gasteiger partial charge in [0.2, 0.25) is 0 Å². The van der Waals surface area contributed by atoms with Gasteiger partial charge in [-0.2, -0.15) is 0 Å². The predicted octanol–water partition coefficient (Wildman–Crippen LogP) is 1.41. The molecule has 0 radical (unpaired) electrons. The molecule has 0 aliphatic carbocycles. The lowest BCUT2D eigenvalue weighted by Gasteiger charge is -2.04. The number of hydrogen-bond acceptors (Lipinski definition) is 1. The highest BCUT2D eigenvalue weighted by Crippen LogP contribution is 2.03. The van der Waals surface area contributed by atoms with E-state index >= 15 is 0 Å². The first-order valence-electron chi connectivity index (χ1n) is 4.10. The van der Waals surface area contributed by atoms with Crippen molar-refractivity contribution in [2.75, 3.05) is 6.61 Å². The Morgan fingerprint density at radius 3 is 2.57 bits per heavy atom. The third-order valence-electron chi connectivity index (χ3n) is 1.12. The van der Waals surface area contributed by atoms with Crippen molar-refractivity contribution < 1.29 is 9.22 Å². The molecule has 1 heteroatoms. The number of aliphatic hydroxyl groups is 1. The molecule has 0 rings (SSSR count). The molecule has 0 spiro atoms. The lowest BCUT2D eigenvalue weighted by molar-refractivity contribution is 0.219. The van der Waals surface area contributed by atoms with Gasteiger partial charge in [0, 0.05) is 10.7 Å². The molecule has 0 aromatic rings.